The molecule has 20 heavy (non-hydrogen) atoms. The van der Waals surface area contributed by atoms with E-state index in [2.05, 4.69) is 26.9 Å². The molecule has 1 aromatic heterocycles. The highest BCUT2D eigenvalue weighted by Crippen LogP contribution is 2.44. The monoisotopic (exact) mass is 296 g/mol. The number of carboxylic acid groups (broad SMARTS) is 1. The fraction of sp³-hybridized carbons (Fsp3) is 0.769. The highest BCUT2D eigenvalue weighted by molar-refractivity contribution is 7.15. The second kappa shape index (κ2) is 4.96. The molecule has 0 saturated carbocycles. The van der Waals surface area contributed by atoms with Crippen LogP contribution in [0.25, 0.3) is 0 Å². The number of carbonyl (C=O) groups is 1. The Labute approximate surface area is 122 Å². The van der Waals surface area contributed by atoms with Gasteiger partial charge in [-0.25, -0.2) is 0 Å². The zero-order valence-corrected chi connectivity index (χ0v) is 12.7. The molecule has 0 aromatic carbocycles. The highest BCUT2D eigenvalue weighted by atomic mass is 32.1. The third-order valence-corrected chi connectivity index (χ3v) is 5.44. The summed E-state index contributed by atoms with van der Waals surface area (Å²) < 4.78 is 0. The van der Waals surface area contributed by atoms with E-state index in [-0.39, 0.29) is 5.92 Å². The zero-order valence-electron chi connectivity index (χ0n) is 11.9. The number of fused-ring (bicyclic) bond motifs is 1. The molecular formula is C13H20N4O2S. The van der Waals surface area contributed by atoms with Gasteiger partial charge in [0.25, 0.3) is 0 Å². The van der Waals surface area contributed by atoms with Crippen molar-refractivity contribution in [2.24, 2.45) is 11.3 Å². The van der Waals surface area contributed by atoms with Crippen molar-refractivity contribution in [3.05, 3.63) is 5.01 Å². The van der Waals surface area contributed by atoms with Crippen LogP contribution in [0.1, 0.15) is 18.4 Å². The van der Waals surface area contributed by atoms with Crippen LogP contribution in [0, 0.1) is 11.3 Å². The van der Waals surface area contributed by atoms with E-state index >= 15 is 0 Å². The maximum Gasteiger partial charge on any atom is 0.313 e. The molecule has 0 aliphatic carbocycles. The number of rotatable bonds is 4. The Morgan fingerprint density at radius 3 is 2.90 bits per heavy atom. The van der Waals surface area contributed by atoms with Crippen molar-refractivity contribution in [1.82, 2.24) is 15.1 Å². The molecule has 0 spiro atoms. The molecule has 0 radical (unpaired) electrons. The molecule has 3 heterocycles. The Balaban J connectivity index is 1.80. The molecular weight excluding hydrogens is 276 g/mol. The molecule has 7 heteroatoms. The molecule has 110 valence electrons. The maximum atomic E-state index is 11.7. The van der Waals surface area contributed by atoms with E-state index in [4.69, 9.17) is 0 Å². The van der Waals surface area contributed by atoms with Gasteiger partial charge in [-0.3, -0.25) is 4.79 Å². The lowest BCUT2D eigenvalue weighted by Crippen LogP contribution is -2.40. The Kier molecular flexibility index (Phi) is 3.41. The minimum absolute atomic E-state index is 0.184. The van der Waals surface area contributed by atoms with Crippen molar-refractivity contribution >= 4 is 22.4 Å². The minimum atomic E-state index is -0.673. The van der Waals surface area contributed by atoms with Crippen LogP contribution in [0.4, 0.5) is 5.13 Å². The van der Waals surface area contributed by atoms with Gasteiger partial charge in [-0.2, -0.15) is 0 Å². The molecule has 6 nitrogen and oxygen atoms in total. The number of aromatic nitrogens is 2. The molecule has 2 aliphatic heterocycles. The minimum Gasteiger partial charge on any atom is -0.481 e. The summed E-state index contributed by atoms with van der Waals surface area (Å²) in [4.78, 5) is 16.0. The lowest BCUT2D eigenvalue weighted by atomic mass is 9.81. The van der Waals surface area contributed by atoms with Gasteiger partial charge in [0.15, 0.2) is 0 Å². The van der Waals surface area contributed by atoms with Crippen LogP contribution in [0.2, 0.25) is 0 Å². The molecule has 0 bridgehead atoms. The van der Waals surface area contributed by atoms with Crippen LogP contribution in [0.3, 0.4) is 0 Å². The van der Waals surface area contributed by atoms with Gasteiger partial charge in [0.1, 0.15) is 10.4 Å². The third kappa shape index (κ3) is 2.09. The van der Waals surface area contributed by atoms with E-state index in [1.54, 1.807) is 11.3 Å². The summed E-state index contributed by atoms with van der Waals surface area (Å²) in [7, 11) is 2.00. The molecule has 2 aliphatic rings. The highest BCUT2D eigenvalue weighted by Gasteiger charge is 2.57. The first-order valence-electron chi connectivity index (χ1n) is 7.04. The predicted octanol–water partition coefficient (Wildman–Crippen LogP) is 0.943. The van der Waals surface area contributed by atoms with Crippen molar-refractivity contribution in [2.45, 2.75) is 19.8 Å². The summed E-state index contributed by atoms with van der Waals surface area (Å²) in [5.74, 6) is -0.490. The number of likely N-dealkylation sites (tertiary alicyclic amines) is 1. The van der Waals surface area contributed by atoms with Crippen molar-refractivity contribution < 1.29 is 9.90 Å². The molecule has 2 saturated heterocycles. The van der Waals surface area contributed by atoms with Crippen LogP contribution in [0.15, 0.2) is 0 Å². The second-order valence-corrected chi connectivity index (χ2v) is 7.00. The SMILES string of the molecule is CCCc1nnc(N2C[C@H]3CN(C)C[C@@]3(C(=O)O)C2)s1. The lowest BCUT2D eigenvalue weighted by Gasteiger charge is -2.23. The van der Waals surface area contributed by atoms with Crippen LogP contribution in [0.5, 0.6) is 0 Å². The van der Waals surface area contributed by atoms with Gasteiger partial charge in [-0.05, 0) is 13.5 Å². The van der Waals surface area contributed by atoms with Crippen LogP contribution < -0.4 is 4.90 Å². The standard InChI is InChI=1S/C13H20N4O2S/c1-3-4-10-14-15-12(20-10)17-6-9-5-16(2)7-13(9,8-17)11(18)19/h9H,3-8H2,1-2H3,(H,18,19)/t9-,13-/m1/s1. The number of hydrogen-bond acceptors (Lipinski definition) is 6. The molecule has 3 rings (SSSR count). The van der Waals surface area contributed by atoms with E-state index in [0.29, 0.717) is 13.1 Å². The average Bonchev–Trinajstić information content (AvgIpc) is 3.01. The van der Waals surface area contributed by atoms with E-state index in [1.807, 2.05) is 7.05 Å². The Morgan fingerprint density at radius 1 is 1.45 bits per heavy atom. The Morgan fingerprint density at radius 2 is 2.25 bits per heavy atom. The largest absolute Gasteiger partial charge is 0.481 e. The number of hydrogen-bond donors (Lipinski definition) is 1. The number of nitrogens with zero attached hydrogens (tertiary/aromatic N) is 4. The van der Waals surface area contributed by atoms with Gasteiger partial charge in [0, 0.05) is 38.5 Å². The van der Waals surface area contributed by atoms with Gasteiger partial charge in [-0.15, -0.1) is 10.2 Å². The van der Waals surface area contributed by atoms with Gasteiger partial charge < -0.3 is 14.9 Å². The summed E-state index contributed by atoms with van der Waals surface area (Å²) in [6.07, 6.45) is 2.00. The topological polar surface area (TPSA) is 69.6 Å². The first kappa shape index (κ1) is 13.8. The van der Waals surface area contributed by atoms with Crippen molar-refractivity contribution in [2.75, 3.05) is 38.1 Å². The summed E-state index contributed by atoms with van der Waals surface area (Å²) in [6, 6.07) is 0. The molecule has 2 atom stereocenters. The first-order chi connectivity index (χ1) is 9.55. The van der Waals surface area contributed by atoms with Gasteiger partial charge in [0.2, 0.25) is 5.13 Å². The van der Waals surface area contributed by atoms with Crippen LogP contribution >= 0.6 is 11.3 Å². The Hall–Kier alpha value is -1.21. The molecule has 2 fully saturated rings. The maximum absolute atomic E-state index is 11.7. The number of aliphatic carboxylic acids is 1. The van der Waals surface area contributed by atoms with E-state index in [9.17, 15) is 9.90 Å². The van der Waals surface area contributed by atoms with Gasteiger partial charge >= 0.3 is 5.97 Å². The third-order valence-electron chi connectivity index (χ3n) is 4.40. The molecule has 1 N–H and O–H groups in total. The quantitative estimate of drug-likeness (QED) is 0.892. The second-order valence-electron chi connectivity index (χ2n) is 5.96. The fourth-order valence-electron chi connectivity index (χ4n) is 3.45. The van der Waals surface area contributed by atoms with E-state index in [0.717, 1.165) is 36.1 Å². The van der Waals surface area contributed by atoms with Crippen molar-refractivity contribution in [1.29, 1.82) is 0 Å². The van der Waals surface area contributed by atoms with Crippen molar-refractivity contribution in [3.8, 4) is 0 Å². The number of aryl methyl sites for hydroxylation is 1. The fourth-order valence-corrected chi connectivity index (χ4v) is 4.40. The Bertz CT molecular complexity index is 520. The van der Waals surface area contributed by atoms with E-state index < -0.39 is 11.4 Å². The predicted molar refractivity (Wildman–Crippen MR) is 77.2 cm³/mol. The van der Waals surface area contributed by atoms with Gasteiger partial charge in [0.05, 0.1) is 0 Å². The smallest absolute Gasteiger partial charge is 0.313 e. The zero-order chi connectivity index (χ0) is 14.3. The first-order valence-corrected chi connectivity index (χ1v) is 7.86. The summed E-state index contributed by atoms with van der Waals surface area (Å²) >= 11 is 1.60. The summed E-state index contributed by atoms with van der Waals surface area (Å²) in [5.41, 5.74) is -0.634. The summed E-state index contributed by atoms with van der Waals surface area (Å²) in [5, 5.41) is 20.0. The van der Waals surface area contributed by atoms with Crippen LogP contribution in [-0.2, 0) is 11.2 Å². The number of carboxylic acids is 1. The van der Waals surface area contributed by atoms with Gasteiger partial charge in [-0.1, -0.05) is 18.3 Å². The number of anilines is 1. The molecule has 0 unspecified atom stereocenters. The normalized spacial score (nSPS) is 29.9. The average molecular weight is 296 g/mol. The van der Waals surface area contributed by atoms with Crippen molar-refractivity contribution in [3.63, 3.8) is 0 Å². The van der Waals surface area contributed by atoms with E-state index in [1.165, 1.54) is 0 Å². The summed E-state index contributed by atoms with van der Waals surface area (Å²) in [6.45, 7) is 4.93. The molecule has 0 amide bonds. The lowest BCUT2D eigenvalue weighted by molar-refractivity contribution is -0.148. The molecule has 1 aromatic rings. The van der Waals surface area contributed by atoms with Crippen LogP contribution in [-0.4, -0.2) is 59.4 Å².